The van der Waals surface area contributed by atoms with Gasteiger partial charge in [0.15, 0.2) is 0 Å². The molecule has 2 N–H and O–H groups in total. The molecule has 0 aromatic heterocycles. The smallest absolute Gasteiger partial charge is 0.238 e. The van der Waals surface area contributed by atoms with Crippen LogP contribution in [0.4, 0.5) is 11.4 Å². The first-order valence-electron chi connectivity index (χ1n) is 9.21. The molecule has 27 heavy (non-hydrogen) atoms. The topological polar surface area (TPSA) is 44.4 Å². The van der Waals surface area contributed by atoms with Gasteiger partial charge in [0.05, 0.1) is 6.54 Å². The van der Waals surface area contributed by atoms with Crippen molar-refractivity contribution >= 4 is 42.1 Å². The molecule has 0 unspecified atom stereocenters. The third-order valence-electron chi connectivity index (χ3n) is 5.05. The molecule has 6 heteroatoms. The monoisotopic (exact) mass is 407 g/mol. The van der Waals surface area contributed by atoms with Gasteiger partial charge in [-0.2, -0.15) is 0 Å². The normalized spacial score (nSPS) is 14.7. The van der Waals surface area contributed by atoms with Gasteiger partial charge in [0.1, 0.15) is 0 Å². The number of hydrogen-bond donors (Lipinski definition) is 2. The van der Waals surface area contributed by atoms with E-state index in [0.29, 0.717) is 6.54 Å². The highest BCUT2D eigenvalue weighted by atomic mass is 35.5. The van der Waals surface area contributed by atoms with Crippen molar-refractivity contribution in [1.82, 2.24) is 5.32 Å². The van der Waals surface area contributed by atoms with Gasteiger partial charge in [-0.1, -0.05) is 36.4 Å². The van der Waals surface area contributed by atoms with E-state index in [1.165, 1.54) is 24.1 Å². The third kappa shape index (κ3) is 5.61. The minimum atomic E-state index is 0. The summed E-state index contributed by atoms with van der Waals surface area (Å²) in [6.45, 7) is 3.20. The molecule has 146 valence electrons. The second-order valence-corrected chi connectivity index (χ2v) is 7.08. The highest BCUT2D eigenvalue weighted by molar-refractivity contribution is 5.93. The van der Waals surface area contributed by atoms with E-state index in [1.807, 2.05) is 18.2 Å². The first-order chi connectivity index (χ1) is 12.3. The fourth-order valence-corrected chi connectivity index (χ4v) is 3.46. The molecule has 0 atom stereocenters. The van der Waals surface area contributed by atoms with Gasteiger partial charge < -0.3 is 15.5 Å². The maximum atomic E-state index is 12.2. The van der Waals surface area contributed by atoms with E-state index < -0.39 is 0 Å². The van der Waals surface area contributed by atoms with E-state index >= 15 is 0 Å². The van der Waals surface area contributed by atoms with E-state index in [2.05, 4.69) is 45.9 Å². The fraction of sp³-hybridized carbons (Fsp3) is 0.381. The summed E-state index contributed by atoms with van der Waals surface area (Å²) in [5.74, 6) is 0.824. The van der Waals surface area contributed by atoms with Gasteiger partial charge in [-0.05, 0) is 55.0 Å². The summed E-state index contributed by atoms with van der Waals surface area (Å²) in [6.07, 6.45) is 3.69. The van der Waals surface area contributed by atoms with Crippen LogP contribution in [-0.4, -0.2) is 25.5 Å². The Bertz CT molecular complexity index is 765. The fourth-order valence-electron chi connectivity index (χ4n) is 3.46. The Morgan fingerprint density at radius 3 is 2.59 bits per heavy atom. The SMILES string of the molecule is Cl.Cl.O=C(CNCC1CC1)Nc1ccccc1CN1CCc2ccccc21. The molecule has 0 radical (unpaired) electrons. The molecule has 0 spiro atoms. The highest BCUT2D eigenvalue weighted by Gasteiger charge is 2.21. The Balaban J connectivity index is 0.00000131. The maximum Gasteiger partial charge on any atom is 0.238 e. The van der Waals surface area contributed by atoms with E-state index in [1.54, 1.807) is 0 Å². The molecule has 1 aliphatic carbocycles. The van der Waals surface area contributed by atoms with Crippen molar-refractivity contribution in [2.75, 3.05) is 29.9 Å². The number of fused-ring (bicyclic) bond motifs is 1. The Morgan fingerprint density at radius 1 is 1.04 bits per heavy atom. The van der Waals surface area contributed by atoms with Crippen LogP contribution in [0.15, 0.2) is 48.5 Å². The second-order valence-electron chi connectivity index (χ2n) is 7.08. The number of nitrogens with one attached hydrogen (secondary N) is 2. The molecule has 1 heterocycles. The van der Waals surface area contributed by atoms with Crippen LogP contribution in [0.3, 0.4) is 0 Å². The van der Waals surface area contributed by atoms with E-state index in [0.717, 1.165) is 43.2 Å². The van der Waals surface area contributed by atoms with Crippen molar-refractivity contribution in [1.29, 1.82) is 0 Å². The number of para-hydroxylation sites is 2. The molecule has 1 fully saturated rings. The lowest BCUT2D eigenvalue weighted by Gasteiger charge is -2.21. The highest BCUT2D eigenvalue weighted by Crippen LogP contribution is 2.30. The summed E-state index contributed by atoms with van der Waals surface area (Å²) in [5, 5.41) is 6.32. The molecule has 2 aliphatic rings. The Labute approximate surface area is 173 Å². The molecule has 2 aromatic rings. The molecular weight excluding hydrogens is 381 g/mol. The number of nitrogens with zero attached hydrogens (tertiary/aromatic N) is 1. The third-order valence-corrected chi connectivity index (χ3v) is 5.05. The number of anilines is 2. The van der Waals surface area contributed by atoms with Gasteiger partial charge in [-0.25, -0.2) is 0 Å². The number of halogens is 2. The maximum absolute atomic E-state index is 12.2. The van der Waals surface area contributed by atoms with Crippen LogP contribution in [0, 0.1) is 5.92 Å². The zero-order valence-electron chi connectivity index (χ0n) is 15.3. The van der Waals surface area contributed by atoms with Crippen molar-refractivity contribution in [3.63, 3.8) is 0 Å². The molecule has 1 saturated carbocycles. The minimum Gasteiger partial charge on any atom is -0.367 e. The van der Waals surface area contributed by atoms with Crippen LogP contribution in [0.5, 0.6) is 0 Å². The first kappa shape index (κ1) is 21.5. The van der Waals surface area contributed by atoms with Crippen LogP contribution < -0.4 is 15.5 Å². The van der Waals surface area contributed by atoms with E-state index in [9.17, 15) is 4.79 Å². The molecular formula is C21H27Cl2N3O. The van der Waals surface area contributed by atoms with Gasteiger partial charge in [-0.3, -0.25) is 4.79 Å². The Hall–Kier alpha value is -1.75. The summed E-state index contributed by atoms with van der Waals surface area (Å²) < 4.78 is 0. The van der Waals surface area contributed by atoms with Gasteiger partial charge in [-0.15, -0.1) is 24.8 Å². The molecule has 2 aromatic carbocycles. The van der Waals surface area contributed by atoms with Crippen molar-refractivity contribution < 1.29 is 4.79 Å². The lowest BCUT2D eigenvalue weighted by atomic mass is 10.1. The standard InChI is InChI=1S/C21H25N3O.2ClH/c25-21(14-22-13-16-9-10-16)23-19-7-3-1-6-18(19)15-24-12-11-17-5-2-4-8-20(17)24;;/h1-8,16,22H,9-15H2,(H,23,25);2*1H. The van der Waals surface area contributed by atoms with Crippen molar-refractivity contribution in [2.24, 2.45) is 5.92 Å². The average Bonchev–Trinajstić information content (AvgIpc) is 3.36. The number of rotatable bonds is 7. The minimum absolute atomic E-state index is 0. The summed E-state index contributed by atoms with van der Waals surface area (Å²) in [5.41, 5.74) is 4.81. The Morgan fingerprint density at radius 2 is 1.78 bits per heavy atom. The molecule has 0 saturated heterocycles. The summed E-state index contributed by atoms with van der Waals surface area (Å²) in [7, 11) is 0. The van der Waals surface area contributed by atoms with E-state index in [-0.39, 0.29) is 30.7 Å². The lowest BCUT2D eigenvalue weighted by Crippen LogP contribution is -2.30. The van der Waals surface area contributed by atoms with Crippen molar-refractivity contribution in [3.05, 3.63) is 59.7 Å². The van der Waals surface area contributed by atoms with Gasteiger partial charge in [0.2, 0.25) is 5.91 Å². The van der Waals surface area contributed by atoms with Crippen LogP contribution in [0.1, 0.15) is 24.0 Å². The van der Waals surface area contributed by atoms with Crippen LogP contribution in [-0.2, 0) is 17.8 Å². The summed E-state index contributed by atoms with van der Waals surface area (Å²) in [6, 6.07) is 16.7. The van der Waals surface area contributed by atoms with Gasteiger partial charge >= 0.3 is 0 Å². The Kier molecular flexibility index (Phi) is 7.96. The summed E-state index contributed by atoms with van der Waals surface area (Å²) in [4.78, 5) is 14.6. The largest absolute Gasteiger partial charge is 0.367 e. The molecule has 0 bridgehead atoms. The number of benzene rings is 2. The number of carbonyl (C=O) groups is 1. The molecule has 4 nitrogen and oxygen atoms in total. The zero-order valence-corrected chi connectivity index (χ0v) is 17.0. The van der Waals surface area contributed by atoms with Crippen LogP contribution in [0.2, 0.25) is 0 Å². The molecule has 4 rings (SSSR count). The van der Waals surface area contributed by atoms with Crippen LogP contribution >= 0.6 is 24.8 Å². The van der Waals surface area contributed by atoms with Crippen molar-refractivity contribution in [3.8, 4) is 0 Å². The molecule has 1 aliphatic heterocycles. The van der Waals surface area contributed by atoms with Gasteiger partial charge in [0.25, 0.3) is 0 Å². The predicted molar refractivity (Wildman–Crippen MR) is 116 cm³/mol. The number of hydrogen-bond acceptors (Lipinski definition) is 3. The van der Waals surface area contributed by atoms with Gasteiger partial charge in [0, 0.05) is 24.5 Å². The second kappa shape index (κ2) is 9.98. The number of amides is 1. The molecule has 1 amide bonds. The first-order valence-corrected chi connectivity index (χ1v) is 9.21. The average molecular weight is 408 g/mol. The summed E-state index contributed by atoms with van der Waals surface area (Å²) >= 11 is 0. The van der Waals surface area contributed by atoms with Crippen molar-refractivity contribution in [2.45, 2.75) is 25.8 Å². The van der Waals surface area contributed by atoms with Crippen LogP contribution in [0.25, 0.3) is 0 Å². The number of carbonyl (C=O) groups excluding carboxylic acids is 1. The predicted octanol–water partition coefficient (Wildman–Crippen LogP) is 4.03. The quantitative estimate of drug-likeness (QED) is 0.727. The zero-order chi connectivity index (χ0) is 17.1. The van der Waals surface area contributed by atoms with E-state index in [4.69, 9.17) is 0 Å². The lowest BCUT2D eigenvalue weighted by molar-refractivity contribution is -0.115.